The predicted molar refractivity (Wildman–Crippen MR) is 246 cm³/mol. The van der Waals surface area contributed by atoms with Crippen molar-refractivity contribution >= 4 is 67.7 Å². The SMILES string of the molecule is C[C@H]1CN(C2CCN(c3ccc4c(c3)C(=O)N(C3CCC(=O)NC3=O)C4=O)CC2)C[C@H](C)N1c1ccc(-c2cnc3[nH]cc(C(=O)c4c(F)ccc(NS(=O)(=O)N5CC[C@@H](F)C5)c4F)c3c2)cc1. The molecule has 5 aliphatic heterocycles. The Kier molecular flexibility index (Phi) is 11.6. The lowest BCUT2D eigenvalue weighted by atomic mass is 9.97. The molecule has 3 aromatic carbocycles. The van der Waals surface area contributed by atoms with Crippen LogP contribution in [0.15, 0.2) is 73.1 Å². The molecule has 4 saturated heterocycles. The molecule has 0 aliphatic carbocycles. The van der Waals surface area contributed by atoms with Crippen molar-refractivity contribution in [2.75, 3.05) is 53.8 Å². The summed E-state index contributed by atoms with van der Waals surface area (Å²) in [6.07, 6.45) is 3.56. The van der Waals surface area contributed by atoms with Gasteiger partial charge in [0.25, 0.3) is 11.8 Å². The Morgan fingerprint density at radius 3 is 2.21 bits per heavy atom. The molecule has 354 valence electrons. The lowest BCUT2D eigenvalue weighted by molar-refractivity contribution is -0.136. The van der Waals surface area contributed by atoms with Crippen LogP contribution in [0.1, 0.15) is 82.6 Å². The number of hydrogen-bond donors (Lipinski definition) is 3. The van der Waals surface area contributed by atoms with Crippen LogP contribution in [0.2, 0.25) is 0 Å². The van der Waals surface area contributed by atoms with Crippen LogP contribution in [0, 0.1) is 11.6 Å². The van der Waals surface area contributed by atoms with E-state index in [4.69, 9.17) is 0 Å². The molecule has 16 nitrogen and oxygen atoms in total. The Morgan fingerprint density at radius 2 is 1.51 bits per heavy atom. The van der Waals surface area contributed by atoms with Gasteiger partial charge in [-0.2, -0.15) is 12.7 Å². The van der Waals surface area contributed by atoms with Crippen molar-refractivity contribution in [1.82, 2.24) is 29.4 Å². The summed E-state index contributed by atoms with van der Waals surface area (Å²) in [4.78, 5) is 80.2. The number of ketones is 1. The van der Waals surface area contributed by atoms with Crippen LogP contribution in [0.4, 0.5) is 30.2 Å². The predicted octanol–water partition coefficient (Wildman–Crippen LogP) is 5.41. The first kappa shape index (κ1) is 45.2. The molecule has 0 bridgehead atoms. The van der Waals surface area contributed by atoms with Gasteiger partial charge in [-0.05, 0) is 93.6 Å². The number of amides is 4. The van der Waals surface area contributed by atoms with E-state index in [9.17, 15) is 36.8 Å². The highest BCUT2D eigenvalue weighted by atomic mass is 32.2. The van der Waals surface area contributed by atoms with E-state index in [-0.39, 0.29) is 54.6 Å². The second kappa shape index (κ2) is 17.5. The van der Waals surface area contributed by atoms with Gasteiger partial charge < -0.3 is 14.8 Å². The first-order valence-corrected chi connectivity index (χ1v) is 24.2. The molecule has 0 saturated carbocycles. The number of anilines is 3. The van der Waals surface area contributed by atoms with Crippen LogP contribution in [-0.4, -0.2) is 132 Å². The van der Waals surface area contributed by atoms with Gasteiger partial charge in [0.15, 0.2) is 5.82 Å². The molecule has 4 fully saturated rings. The fourth-order valence-corrected chi connectivity index (χ4v) is 11.8. The Balaban J connectivity index is 0.780. The molecule has 2 aromatic heterocycles. The smallest absolute Gasteiger partial charge is 0.301 e. The van der Waals surface area contributed by atoms with E-state index in [1.807, 2.05) is 35.1 Å². The van der Waals surface area contributed by atoms with E-state index in [0.29, 0.717) is 22.6 Å². The minimum absolute atomic E-state index is 0.00566. The van der Waals surface area contributed by atoms with Crippen LogP contribution in [0.3, 0.4) is 0 Å². The number of nitrogens with zero attached hydrogens (tertiary/aromatic N) is 6. The first-order valence-electron chi connectivity index (χ1n) is 22.7. The zero-order valence-corrected chi connectivity index (χ0v) is 38.0. The number of halogens is 3. The largest absolute Gasteiger partial charge is 0.371 e. The van der Waals surface area contributed by atoms with Crippen molar-refractivity contribution in [2.45, 2.75) is 76.3 Å². The number of aromatic amines is 1. The molecule has 68 heavy (non-hydrogen) atoms. The van der Waals surface area contributed by atoms with Crippen LogP contribution in [-0.2, 0) is 19.8 Å². The Bertz CT molecular complexity index is 3000. The zero-order valence-electron chi connectivity index (χ0n) is 37.2. The molecule has 7 heterocycles. The van der Waals surface area contributed by atoms with Crippen LogP contribution in [0.25, 0.3) is 22.2 Å². The molecule has 4 amide bonds. The molecule has 5 aromatic rings. The second-order valence-corrected chi connectivity index (χ2v) is 20.0. The summed E-state index contributed by atoms with van der Waals surface area (Å²) in [5.74, 6) is -5.69. The third-order valence-corrected chi connectivity index (χ3v) is 15.5. The van der Waals surface area contributed by atoms with E-state index < -0.39 is 81.3 Å². The van der Waals surface area contributed by atoms with E-state index in [1.165, 1.54) is 6.20 Å². The topological polar surface area (TPSA) is 188 Å². The Morgan fingerprint density at radius 1 is 0.809 bits per heavy atom. The van der Waals surface area contributed by atoms with Crippen molar-refractivity contribution in [3.63, 3.8) is 0 Å². The number of hydrogen-bond acceptors (Lipinski definition) is 11. The molecule has 4 atom stereocenters. The third kappa shape index (κ3) is 8.06. The average molecular weight is 952 g/mol. The van der Waals surface area contributed by atoms with Gasteiger partial charge in [-0.15, -0.1) is 0 Å². The number of rotatable bonds is 10. The Hall–Kier alpha value is -6.64. The summed E-state index contributed by atoms with van der Waals surface area (Å²) in [6.45, 7) is 7.14. The van der Waals surface area contributed by atoms with Gasteiger partial charge in [-0.25, -0.2) is 18.2 Å². The summed E-state index contributed by atoms with van der Waals surface area (Å²) in [5, 5.41) is 2.55. The van der Waals surface area contributed by atoms with Crippen LogP contribution >= 0.6 is 0 Å². The van der Waals surface area contributed by atoms with Crippen molar-refractivity contribution in [3.8, 4) is 11.1 Å². The summed E-state index contributed by atoms with van der Waals surface area (Å²) in [5.41, 5.74) is 2.52. The van der Waals surface area contributed by atoms with Gasteiger partial charge in [-0.3, -0.25) is 43.8 Å². The number of pyridine rings is 1. The number of nitrogens with one attached hydrogen (secondary N) is 3. The van der Waals surface area contributed by atoms with Gasteiger partial charge >= 0.3 is 10.2 Å². The van der Waals surface area contributed by atoms with E-state index in [1.54, 1.807) is 24.4 Å². The van der Waals surface area contributed by atoms with Crippen LogP contribution in [0.5, 0.6) is 0 Å². The first-order chi connectivity index (χ1) is 32.6. The molecule has 3 N–H and O–H groups in total. The fraction of sp³-hybridized carbons (Fsp3) is 0.375. The molecule has 0 radical (unpaired) electrons. The second-order valence-electron chi connectivity index (χ2n) is 18.3. The number of benzene rings is 3. The average Bonchev–Trinajstić information content (AvgIpc) is 4.03. The highest BCUT2D eigenvalue weighted by Gasteiger charge is 2.45. The van der Waals surface area contributed by atoms with Gasteiger partial charge in [0.2, 0.25) is 17.6 Å². The monoisotopic (exact) mass is 951 g/mol. The molecular weight excluding hydrogens is 904 g/mol. The standard InChI is InChI=1S/C48H48F3N9O7S/c1-26-23-57(31-14-16-56(17-15-31)33-7-8-34-36(20-33)48(65)60(47(34)64)40-11-12-41(61)54-46(40)63)24-27(2)59(26)32-5-3-28(4-6-32)29-19-35-37(22-53-45(35)52-21-29)44(62)42-38(50)9-10-39(43(42)51)55-68(66,67)58-18-13-30(49)25-58/h3-10,19-22,26-27,30-31,40,55H,11-18,23-25H2,1-2H3,(H,52,53)(H,54,61,63)/t26-,27-,30+,40?/m0/s1. The summed E-state index contributed by atoms with van der Waals surface area (Å²) < 4.78 is 73.3. The molecule has 20 heteroatoms. The summed E-state index contributed by atoms with van der Waals surface area (Å²) in [7, 11) is -4.37. The third-order valence-electron chi connectivity index (χ3n) is 14.0. The number of piperazine rings is 1. The number of alkyl halides is 1. The van der Waals surface area contributed by atoms with Crippen molar-refractivity contribution in [3.05, 3.63) is 107 Å². The number of carbonyl (C=O) groups is 5. The van der Waals surface area contributed by atoms with Crippen LogP contribution < -0.4 is 19.8 Å². The van der Waals surface area contributed by atoms with E-state index >= 15 is 8.78 Å². The highest BCUT2D eigenvalue weighted by Crippen LogP contribution is 2.35. The van der Waals surface area contributed by atoms with Crippen molar-refractivity contribution in [1.29, 1.82) is 0 Å². The minimum atomic E-state index is -4.37. The van der Waals surface area contributed by atoms with E-state index in [0.717, 1.165) is 77.3 Å². The minimum Gasteiger partial charge on any atom is -0.371 e. The van der Waals surface area contributed by atoms with E-state index in [2.05, 4.69) is 43.8 Å². The van der Waals surface area contributed by atoms with Gasteiger partial charge in [0, 0.05) is 104 Å². The summed E-state index contributed by atoms with van der Waals surface area (Å²) >= 11 is 0. The Labute approximate surface area is 389 Å². The number of aromatic nitrogens is 2. The number of carbonyl (C=O) groups excluding carboxylic acids is 5. The quantitative estimate of drug-likeness (QED) is 0.120. The highest BCUT2D eigenvalue weighted by molar-refractivity contribution is 7.90. The maximum atomic E-state index is 15.8. The lowest BCUT2D eigenvalue weighted by Crippen LogP contribution is -2.60. The van der Waals surface area contributed by atoms with Crippen molar-refractivity contribution in [2.24, 2.45) is 0 Å². The molecule has 1 unspecified atom stereocenters. The normalized spacial score (nSPS) is 23.2. The summed E-state index contributed by atoms with van der Waals surface area (Å²) in [6, 6.07) is 16.3. The molecule has 10 rings (SSSR count). The lowest BCUT2D eigenvalue weighted by Gasteiger charge is -2.50. The molecular formula is C48H48F3N9O7S. The fourth-order valence-electron chi connectivity index (χ4n) is 10.6. The maximum Gasteiger partial charge on any atom is 0.301 e. The molecule has 0 spiro atoms. The van der Waals surface area contributed by atoms with Gasteiger partial charge in [0.1, 0.15) is 23.7 Å². The van der Waals surface area contributed by atoms with Gasteiger partial charge in [-0.1, -0.05) is 12.1 Å². The number of H-pyrrole nitrogens is 1. The maximum absolute atomic E-state index is 15.8. The number of fused-ring (bicyclic) bond motifs is 2. The zero-order chi connectivity index (χ0) is 47.8. The number of piperidine rings is 2. The number of imide groups is 2. The molecule has 5 aliphatic rings. The van der Waals surface area contributed by atoms with Crippen molar-refractivity contribution < 1.29 is 45.6 Å². The van der Waals surface area contributed by atoms with Gasteiger partial charge in [0.05, 0.1) is 22.4 Å².